The van der Waals surface area contributed by atoms with Crippen LogP contribution in [-0.2, 0) is 25.0 Å². The van der Waals surface area contributed by atoms with Gasteiger partial charge in [-0.3, -0.25) is 13.6 Å². The lowest BCUT2D eigenvalue weighted by Gasteiger charge is -2.34. The zero-order valence-corrected chi connectivity index (χ0v) is 17.9. The Bertz CT molecular complexity index is 1190. The number of halogens is 5. The smallest absolute Gasteiger partial charge is 0.404 e. The summed E-state index contributed by atoms with van der Waals surface area (Å²) in [5.41, 5.74) is 0.668. The van der Waals surface area contributed by atoms with Gasteiger partial charge in [-0.25, -0.2) is 18.1 Å². The summed E-state index contributed by atoms with van der Waals surface area (Å²) in [6.45, 7) is -2.03. The maximum absolute atomic E-state index is 15.0. The summed E-state index contributed by atoms with van der Waals surface area (Å²) in [7, 11) is -4.62. The fraction of sp³-hybridized carbons (Fsp3) is 0.412. The third kappa shape index (κ3) is 3.90. The molecular formula is C17H15ClF4N3O7P. The van der Waals surface area contributed by atoms with E-state index in [9.17, 15) is 32.0 Å². The van der Waals surface area contributed by atoms with Gasteiger partial charge in [0.2, 0.25) is 5.60 Å². The monoisotopic (exact) mass is 515 g/mol. The molecule has 3 heterocycles. The van der Waals surface area contributed by atoms with E-state index in [1.54, 1.807) is 12.1 Å². The number of anilines is 1. The summed E-state index contributed by atoms with van der Waals surface area (Å²) in [4.78, 5) is 15.3. The van der Waals surface area contributed by atoms with Gasteiger partial charge in [-0.15, -0.1) is 0 Å². The van der Waals surface area contributed by atoms with Crippen LogP contribution in [0, 0.1) is 0 Å². The van der Waals surface area contributed by atoms with E-state index in [1.165, 1.54) is 12.1 Å². The zero-order chi connectivity index (χ0) is 24.2. The highest BCUT2D eigenvalue weighted by molar-refractivity contribution is 7.49. The predicted molar refractivity (Wildman–Crippen MR) is 103 cm³/mol. The molecule has 10 nitrogen and oxygen atoms in total. The van der Waals surface area contributed by atoms with Crippen LogP contribution in [0.15, 0.2) is 35.3 Å². The number of phosphoric acid groups is 1. The van der Waals surface area contributed by atoms with Crippen molar-refractivity contribution < 1.29 is 45.5 Å². The summed E-state index contributed by atoms with van der Waals surface area (Å²) in [5.74, 6) is -5.11. The maximum atomic E-state index is 15.0. The first-order valence-corrected chi connectivity index (χ1v) is 11.0. The quantitative estimate of drug-likeness (QED) is 0.455. The van der Waals surface area contributed by atoms with E-state index in [4.69, 9.17) is 35.6 Å². The van der Waals surface area contributed by atoms with Gasteiger partial charge < -0.3 is 20.1 Å². The number of nitrogens with two attached hydrogens (primary N) is 1. The number of rotatable bonds is 5. The number of hydrogen-bond donors (Lipinski definition) is 2. The molecule has 4 rings (SSSR count). The highest BCUT2D eigenvalue weighted by Gasteiger charge is 2.74. The number of nitrogen functional groups attached to an aromatic ring is 1. The van der Waals surface area contributed by atoms with E-state index in [2.05, 4.69) is 4.98 Å². The third-order valence-corrected chi connectivity index (χ3v) is 6.70. The van der Waals surface area contributed by atoms with Crippen molar-refractivity contribution in [2.45, 2.75) is 36.9 Å². The molecule has 180 valence electrons. The van der Waals surface area contributed by atoms with Gasteiger partial charge in [-0.2, -0.15) is 13.8 Å². The lowest BCUT2D eigenvalue weighted by Crippen LogP contribution is -2.57. The summed E-state index contributed by atoms with van der Waals surface area (Å²) in [6.07, 6.45) is -8.61. The molecule has 0 aliphatic carbocycles. The lowest BCUT2D eigenvalue weighted by molar-refractivity contribution is -0.243. The van der Waals surface area contributed by atoms with E-state index in [0.717, 1.165) is 0 Å². The summed E-state index contributed by atoms with van der Waals surface area (Å²) >= 11 is 5.72. The predicted octanol–water partition coefficient (Wildman–Crippen LogP) is 2.74. The van der Waals surface area contributed by atoms with E-state index in [0.29, 0.717) is 11.8 Å². The SMILES string of the molecule is Nc1nc(=O)n(C2OC(COP3(=O)OCc4ccccc4O3)(C(F)F)C(F)(F)C2O)cc1Cl. The molecule has 1 fully saturated rings. The molecule has 3 N–H and O–H groups in total. The second-order valence-electron chi connectivity index (χ2n) is 7.12. The van der Waals surface area contributed by atoms with Gasteiger partial charge in [0.15, 0.2) is 12.3 Å². The molecule has 33 heavy (non-hydrogen) atoms. The first kappa shape index (κ1) is 23.9. The largest absolute Gasteiger partial charge is 0.530 e. The Morgan fingerprint density at radius 2 is 2.09 bits per heavy atom. The maximum Gasteiger partial charge on any atom is 0.530 e. The van der Waals surface area contributed by atoms with Crippen LogP contribution in [0.25, 0.3) is 0 Å². The van der Waals surface area contributed by atoms with Crippen LogP contribution < -0.4 is 15.9 Å². The molecule has 0 saturated carbocycles. The number of aromatic nitrogens is 2. The van der Waals surface area contributed by atoms with Gasteiger partial charge >= 0.3 is 19.4 Å². The van der Waals surface area contributed by atoms with Crippen molar-refractivity contribution in [2.24, 2.45) is 0 Å². The Morgan fingerprint density at radius 1 is 1.39 bits per heavy atom. The van der Waals surface area contributed by atoms with Gasteiger partial charge in [0, 0.05) is 11.8 Å². The molecular weight excluding hydrogens is 501 g/mol. The number of nitrogens with zero attached hydrogens (tertiary/aromatic N) is 2. The fourth-order valence-corrected chi connectivity index (χ4v) is 4.67. The van der Waals surface area contributed by atoms with Crippen LogP contribution in [0.2, 0.25) is 5.02 Å². The molecule has 0 radical (unpaired) electrons. The molecule has 2 aliphatic heterocycles. The number of benzene rings is 1. The first-order valence-electron chi connectivity index (χ1n) is 9.13. The van der Waals surface area contributed by atoms with Crippen LogP contribution in [0.4, 0.5) is 23.4 Å². The third-order valence-electron chi connectivity index (χ3n) is 5.10. The van der Waals surface area contributed by atoms with Crippen molar-refractivity contribution in [1.29, 1.82) is 0 Å². The molecule has 0 spiro atoms. The number of hydrogen-bond acceptors (Lipinski definition) is 9. The van der Waals surface area contributed by atoms with Crippen molar-refractivity contribution in [3.05, 3.63) is 51.5 Å². The molecule has 1 aromatic carbocycles. The second kappa shape index (κ2) is 8.22. The Labute approximate surface area is 187 Å². The first-order chi connectivity index (χ1) is 15.4. The molecule has 1 aromatic heterocycles. The molecule has 16 heteroatoms. The van der Waals surface area contributed by atoms with Gasteiger partial charge in [-0.05, 0) is 6.07 Å². The average Bonchev–Trinajstić information content (AvgIpc) is 2.96. The van der Waals surface area contributed by atoms with Crippen LogP contribution >= 0.6 is 19.4 Å². The number of para-hydroxylation sites is 1. The van der Waals surface area contributed by atoms with Gasteiger partial charge in [0.25, 0.3) is 6.43 Å². The second-order valence-corrected chi connectivity index (χ2v) is 9.12. The molecule has 4 atom stereocenters. The minimum Gasteiger partial charge on any atom is -0.404 e. The average molecular weight is 516 g/mol. The number of alkyl halides is 4. The lowest BCUT2D eigenvalue weighted by atomic mass is 9.95. The van der Waals surface area contributed by atoms with Crippen LogP contribution in [0.5, 0.6) is 5.75 Å². The Morgan fingerprint density at radius 3 is 2.79 bits per heavy atom. The topological polar surface area (TPSA) is 135 Å². The number of aliphatic hydroxyl groups is 1. The zero-order valence-electron chi connectivity index (χ0n) is 16.2. The van der Waals surface area contributed by atoms with E-state index >= 15 is 0 Å². The van der Waals surface area contributed by atoms with Gasteiger partial charge in [0.1, 0.15) is 18.2 Å². The van der Waals surface area contributed by atoms with Crippen molar-refractivity contribution >= 4 is 25.2 Å². The van der Waals surface area contributed by atoms with Crippen LogP contribution in [-0.4, -0.2) is 45.3 Å². The molecule has 2 aromatic rings. The Balaban J connectivity index is 1.65. The van der Waals surface area contributed by atoms with E-state index in [1.807, 2.05) is 0 Å². The molecule has 0 bridgehead atoms. The summed E-state index contributed by atoms with van der Waals surface area (Å²) in [6, 6.07) is 6.11. The van der Waals surface area contributed by atoms with Crippen molar-refractivity contribution in [1.82, 2.24) is 9.55 Å². The molecule has 4 unspecified atom stereocenters. The minimum atomic E-state index is -4.70. The Kier molecular flexibility index (Phi) is 5.96. The van der Waals surface area contributed by atoms with Crippen LogP contribution in [0.1, 0.15) is 11.8 Å². The van der Waals surface area contributed by atoms with Crippen molar-refractivity contribution in [3.63, 3.8) is 0 Å². The van der Waals surface area contributed by atoms with Gasteiger partial charge in [0.05, 0.1) is 11.6 Å². The normalized spacial score (nSPS) is 30.8. The van der Waals surface area contributed by atoms with Gasteiger partial charge in [-0.1, -0.05) is 29.8 Å². The van der Waals surface area contributed by atoms with E-state index in [-0.39, 0.29) is 21.9 Å². The minimum absolute atomic E-state index is 0.0457. The highest BCUT2D eigenvalue weighted by Crippen LogP contribution is 2.58. The number of fused-ring (bicyclic) bond motifs is 1. The highest BCUT2D eigenvalue weighted by atomic mass is 35.5. The summed E-state index contributed by atoms with van der Waals surface area (Å²) in [5, 5.41) is 9.73. The van der Waals surface area contributed by atoms with Crippen LogP contribution in [0.3, 0.4) is 0 Å². The number of ether oxygens (including phenoxy) is 1. The standard InChI is InChI=1S/C17H15ClF4N3O7P/c18-9-5-25(15(27)24-12(9)23)13-11(26)17(21,22)16(31-13,14(19)20)7-30-33(28)29-6-8-3-1-2-4-10(8)32-33/h1-5,11,13-14,26H,6-7H2,(H2,23,24,27). The fourth-order valence-electron chi connectivity index (χ4n) is 3.27. The van der Waals surface area contributed by atoms with Crippen molar-refractivity contribution in [2.75, 3.05) is 12.3 Å². The summed E-state index contributed by atoms with van der Waals surface area (Å²) < 4.78 is 90.6. The molecule has 2 aliphatic rings. The van der Waals surface area contributed by atoms with E-state index < -0.39 is 56.2 Å². The number of phosphoric ester groups is 1. The number of aliphatic hydroxyl groups excluding tert-OH is 1. The Hall–Kier alpha value is -2.22. The molecule has 1 saturated heterocycles. The van der Waals surface area contributed by atoms with Crippen molar-refractivity contribution in [3.8, 4) is 5.75 Å². The molecule has 0 amide bonds.